The number of likely N-dealkylation sites (N-methyl/N-ethyl adjacent to an activating group) is 1. The lowest BCUT2D eigenvalue weighted by molar-refractivity contribution is 0.0763. The van der Waals surface area contributed by atoms with Gasteiger partial charge in [0.15, 0.2) is 11.5 Å². The summed E-state index contributed by atoms with van der Waals surface area (Å²) in [5.74, 6) is 1.88. The second-order valence-electron chi connectivity index (χ2n) is 7.42. The van der Waals surface area contributed by atoms with Crippen molar-refractivity contribution in [1.82, 2.24) is 9.80 Å². The number of carbonyl (C=O) groups excluding carboxylic acids is 1. The molecule has 8 heteroatoms. The zero-order valence-electron chi connectivity index (χ0n) is 17.8. The maximum absolute atomic E-state index is 13.0. The summed E-state index contributed by atoms with van der Waals surface area (Å²) in [5.41, 5.74) is 7.05. The molecule has 0 unspecified atom stereocenters. The minimum atomic E-state index is -0.582. The van der Waals surface area contributed by atoms with Gasteiger partial charge in [0.1, 0.15) is 11.5 Å². The predicted octanol–water partition coefficient (Wildman–Crippen LogP) is 1.70. The normalized spacial score (nSPS) is 18.6. The maximum Gasteiger partial charge on any atom is 0.254 e. The van der Waals surface area contributed by atoms with Crippen molar-refractivity contribution in [3.63, 3.8) is 0 Å². The van der Waals surface area contributed by atoms with E-state index in [0.29, 0.717) is 35.1 Å². The minimum Gasteiger partial charge on any atom is -0.496 e. The van der Waals surface area contributed by atoms with Gasteiger partial charge in [-0.15, -0.1) is 0 Å². The Balaban J connectivity index is 1.89. The first-order chi connectivity index (χ1) is 14.4. The third-order valence-electron chi connectivity index (χ3n) is 5.35. The Labute approximate surface area is 176 Å². The summed E-state index contributed by atoms with van der Waals surface area (Å²) in [7, 11) is 6.90. The van der Waals surface area contributed by atoms with Crippen LogP contribution in [0.1, 0.15) is 15.9 Å². The molecule has 3 N–H and O–H groups in total. The van der Waals surface area contributed by atoms with Gasteiger partial charge >= 0.3 is 0 Å². The van der Waals surface area contributed by atoms with E-state index in [9.17, 15) is 9.90 Å². The van der Waals surface area contributed by atoms with E-state index in [1.807, 2.05) is 31.1 Å². The molecule has 1 aliphatic heterocycles. The van der Waals surface area contributed by atoms with E-state index in [1.165, 1.54) is 7.11 Å². The van der Waals surface area contributed by atoms with Crippen molar-refractivity contribution < 1.29 is 24.1 Å². The molecule has 2 aromatic carbocycles. The number of benzene rings is 2. The molecule has 3 rings (SSSR count). The molecule has 0 spiro atoms. The van der Waals surface area contributed by atoms with Gasteiger partial charge in [0.05, 0.1) is 31.9 Å². The molecule has 1 heterocycles. The van der Waals surface area contributed by atoms with Gasteiger partial charge in [-0.1, -0.05) is 6.07 Å². The van der Waals surface area contributed by atoms with E-state index in [4.69, 9.17) is 19.9 Å². The fraction of sp³-hybridized carbons (Fsp3) is 0.409. The molecule has 0 aliphatic carbocycles. The van der Waals surface area contributed by atoms with Crippen LogP contribution in [0, 0.1) is 0 Å². The molecular formula is C22H29N3O5. The van der Waals surface area contributed by atoms with Crippen molar-refractivity contribution in [2.45, 2.75) is 18.7 Å². The number of β-amino-alcohol motifs (C(OH)–C–C–N with tert-alkyl or cyclic N) is 1. The van der Waals surface area contributed by atoms with Gasteiger partial charge in [-0.2, -0.15) is 0 Å². The fourth-order valence-corrected chi connectivity index (χ4v) is 3.67. The van der Waals surface area contributed by atoms with E-state index >= 15 is 0 Å². The monoisotopic (exact) mass is 415 g/mol. The van der Waals surface area contributed by atoms with Crippen LogP contribution in [0.15, 0.2) is 36.4 Å². The topological polar surface area (TPSA) is 97.5 Å². The van der Waals surface area contributed by atoms with E-state index in [0.717, 1.165) is 5.56 Å². The lowest BCUT2D eigenvalue weighted by Gasteiger charge is -2.21. The summed E-state index contributed by atoms with van der Waals surface area (Å²) in [6.07, 6.45) is -0.582. The Hall–Kier alpha value is -2.81. The van der Waals surface area contributed by atoms with Crippen molar-refractivity contribution in [3.8, 4) is 23.0 Å². The fourth-order valence-electron chi connectivity index (χ4n) is 3.67. The van der Waals surface area contributed by atoms with Crippen molar-refractivity contribution in [3.05, 3.63) is 47.5 Å². The third kappa shape index (κ3) is 4.35. The Morgan fingerprint density at radius 2 is 1.80 bits per heavy atom. The Bertz CT molecular complexity index is 902. The van der Waals surface area contributed by atoms with E-state index < -0.39 is 6.10 Å². The number of amides is 1. The molecular weight excluding hydrogens is 386 g/mol. The second-order valence-corrected chi connectivity index (χ2v) is 7.42. The Morgan fingerprint density at radius 1 is 1.10 bits per heavy atom. The highest BCUT2D eigenvalue weighted by atomic mass is 16.5. The minimum absolute atomic E-state index is 0.0909. The third-order valence-corrected chi connectivity index (χ3v) is 5.35. The number of methoxy groups -OCH3 is 2. The number of likely N-dealkylation sites (tertiary alicyclic amines) is 1. The number of nitrogens with zero attached hydrogens (tertiary/aromatic N) is 2. The molecule has 0 aromatic heterocycles. The highest BCUT2D eigenvalue weighted by molar-refractivity contribution is 5.95. The van der Waals surface area contributed by atoms with Gasteiger partial charge in [0.25, 0.3) is 5.91 Å². The molecule has 0 bridgehead atoms. The molecule has 162 valence electrons. The van der Waals surface area contributed by atoms with Gasteiger partial charge in [-0.25, -0.2) is 0 Å². The molecule has 1 aliphatic rings. The summed E-state index contributed by atoms with van der Waals surface area (Å²) >= 11 is 0. The average molecular weight is 415 g/mol. The molecule has 2 atom stereocenters. The molecule has 30 heavy (non-hydrogen) atoms. The van der Waals surface area contributed by atoms with Crippen LogP contribution in [0.2, 0.25) is 0 Å². The summed E-state index contributed by atoms with van der Waals surface area (Å²) in [4.78, 5) is 16.6. The number of carbonyl (C=O) groups is 1. The van der Waals surface area contributed by atoms with Gasteiger partial charge in [0, 0.05) is 25.2 Å². The number of aliphatic hydroxyl groups is 1. The molecule has 0 radical (unpaired) electrons. The van der Waals surface area contributed by atoms with Gasteiger partial charge in [0.2, 0.25) is 0 Å². The summed E-state index contributed by atoms with van der Waals surface area (Å²) < 4.78 is 16.9. The average Bonchev–Trinajstić information content (AvgIpc) is 3.14. The SMILES string of the molecule is COc1ccc(C(=O)N2C[C@H](O)[C@@H](N(C)C)C2)cc1Oc1cccc(OC)c1CN. The predicted molar refractivity (Wildman–Crippen MR) is 113 cm³/mol. The molecule has 1 amide bonds. The number of ether oxygens (including phenoxy) is 3. The number of rotatable bonds is 7. The number of hydrogen-bond donors (Lipinski definition) is 2. The summed E-state index contributed by atoms with van der Waals surface area (Å²) in [6.45, 7) is 0.984. The quantitative estimate of drug-likeness (QED) is 0.710. The maximum atomic E-state index is 13.0. The number of aliphatic hydroxyl groups excluding tert-OH is 1. The van der Waals surface area contributed by atoms with E-state index in [1.54, 1.807) is 36.3 Å². The second kappa shape index (κ2) is 9.34. The molecule has 8 nitrogen and oxygen atoms in total. The van der Waals surface area contributed by atoms with Crippen LogP contribution in [-0.2, 0) is 6.54 Å². The first-order valence-corrected chi connectivity index (χ1v) is 9.75. The zero-order chi connectivity index (χ0) is 21.8. The van der Waals surface area contributed by atoms with Crippen LogP contribution in [0.5, 0.6) is 23.0 Å². The number of nitrogens with two attached hydrogens (primary N) is 1. The van der Waals surface area contributed by atoms with Crippen LogP contribution >= 0.6 is 0 Å². The molecule has 1 saturated heterocycles. The molecule has 1 fully saturated rings. The zero-order valence-corrected chi connectivity index (χ0v) is 17.8. The lowest BCUT2D eigenvalue weighted by Crippen LogP contribution is -2.38. The lowest BCUT2D eigenvalue weighted by atomic mass is 10.1. The summed E-state index contributed by atoms with van der Waals surface area (Å²) in [6, 6.07) is 10.4. The van der Waals surface area contributed by atoms with Gasteiger partial charge < -0.3 is 34.9 Å². The van der Waals surface area contributed by atoms with Crippen molar-refractivity contribution in [2.75, 3.05) is 41.4 Å². The highest BCUT2D eigenvalue weighted by Gasteiger charge is 2.35. The van der Waals surface area contributed by atoms with E-state index in [2.05, 4.69) is 0 Å². The van der Waals surface area contributed by atoms with Crippen LogP contribution < -0.4 is 19.9 Å². The Morgan fingerprint density at radius 3 is 2.40 bits per heavy atom. The van der Waals surface area contributed by atoms with Crippen LogP contribution in [0.3, 0.4) is 0 Å². The molecule has 2 aromatic rings. The van der Waals surface area contributed by atoms with Gasteiger partial charge in [-0.05, 0) is 44.4 Å². The first kappa shape index (κ1) is 21.9. The van der Waals surface area contributed by atoms with Crippen LogP contribution in [0.25, 0.3) is 0 Å². The number of hydrogen-bond acceptors (Lipinski definition) is 7. The summed E-state index contributed by atoms with van der Waals surface area (Å²) in [5, 5.41) is 10.3. The smallest absolute Gasteiger partial charge is 0.254 e. The molecule has 0 saturated carbocycles. The van der Waals surface area contributed by atoms with Crippen LogP contribution in [-0.4, -0.2) is 74.4 Å². The Kier molecular flexibility index (Phi) is 6.81. The largest absolute Gasteiger partial charge is 0.496 e. The standard InChI is InChI=1S/C22H29N3O5/c1-24(2)16-12-25(13-17(16)26)22(27)14-8-9-20(29-4)21(10-14)30-19-7-5-6-18(28-3)15(19)11-23/h5-10,16-17,26H,11-13,23H2,1-4H3/t16-,17-/m0/s1. The van der Waals surface area contributed by atoms with Crippen LogP contribution in [0.4, 0.5) is 0 Å². The van der Waals surface area contributed by atoms with Gasteiger partial charge in [-0.3, -0.25) is 4.79 Å². The van der Waals surface area contributed by atoms with Crippen molar-refractivity contribution >= 4 is 5.91 Å². The van der Waals surface area contributed by atoms with Crippen molar-refractivity contribution in [2.24, 2.45) is 5.73 Å². The first-order valence-electron chi connectivity index (χ1n) is 9.75. The highest BCUT2D eigenvalue weighted by Crippen LogP contribution is 2.37. The van der Waals surface area contributed by atoms with Crippen molar-refractivity contribution in [1.29, 1.82) is 0 Å². The van der Waals surface area contributed by atoms with E-state index in [-0.39, 0.29) is 25.0 Å².